The van der Waals surface area contributed by atoms with E-state index in [-0.39, 0.29) is 15.8 Å². The first-order valence-corrected chi connectivity index (χ1v) is 8.25. The van der Waals surface area contributed by atoms with Crippen LogP contribution in [0.4, 0.5) is 5.82 Å². The van der Waals surface area contributed by atoms with E-state index in [0.717, 1.165) is 11.3 Å². The second-order valence-electron chi connectivity index (χ2n) is 3.98. The lowest BCUT2D eigenvalue weighted by atomic mass is 10.3. The molecular formula is C13H10N2O4S2. The minimum atomic E-state index is -3.77. The summed E-state index contributed by atoms with van der Waals surface area (Å²) in [6.45, 7) is 0. The van der Waals surface area contributed by atoms with Gasteiger partial charge in [-0.1, -0.05) is 23.4 Å². The maximum atomic E-state index is 12.3. The fourth-order valence-corrected chi connectivity index (χ4v) is 3.81. The van der Waals surface area contributed by atoms with Gasteiger partial charge in [-0.3, -0.25) is 4.72 Å². The van der Waals surface area contributed by atoms with Crippen LogP contribution in [0.25, 0.3) is 0 Å². The fraction of sp³-hybridized carbons (Fsp3) is 0. The van der Waals surface area contributed by atoms with Crippen LogP contribution in [0, 0.1) is 0 Å². The summed E-state index contributed by atoms with van der Waals surface area (Å²) in [4.78, 5) is 0. The highest BCUT2D eigenvalue weighted by molar-refractivity contribution is 7.94. The maximum absolute atomic E-state index is 12.3. The van der Waals surface area contributed by atoms with Gasteiger partial charge in [0.15, 0.2) is 15.8 Å². The molecule has 21 heavy (non-hydrogen) atoms. The van der Waals surface area contributed by atoms with Crippen molar-refractivity contribution in [2.75, 3.05) is 4.72 Å². The van der Waals surface area contributed by atoms with Crippen molar-refractivity contribution in [1.82, 2.24) is 5.16 Å². The van der Waals surface area contributed by atoms with Crippen LogP contribution in [0.2, 0.25) is 0 Å². The van der Waals surface area contributed by atoms with Crippen LogP contribution in [0.15, 0.2) is 62.8 Å². The number of para-hydroxylation sites is 1. The third-order valence-electron chi connectivity index (χ3n) is 2.49. The molecule has 0 atom stereocenters. The third kappa shape index (κ3) is 3.06. The van der Waals surface area contributed by atoms with Gasteiger partial charge in [-0.2, -0.15) is 0 Å². The molecule has 3 rings (SSSR count). The maximum Gasteiger partial charge on any atom is 0.276 e. The van der Waals surface area contributed by atoms with Gasteiger partial charge in [0.25, 0.3) is 10.0 Å². The molecule has 1 aromatic carbocycles. The zero-order valence-electron chi connectivity index (χ0n) is 10.6. The van der Waals surface area contributed by atoms with Gasteiger partial charge < -0.3 is 9.26 Å². The predicted octanol–water partition coefficient (Wildman–Crippen LogP) is 3.33. The van der Waals surface area contributed by atoms with Crippen LogP contribution < -0.4 is 9.46 Å². The fourth-order valence-electron chi connectivity index (χ4n) is 1.62. The highest BCUT2D eigenvalue weighted by atomic mass is 32.2. The van der Waals surface area contributed by atoms with Gasteiger partial charge in [0.1, 0.15) is 12.0 Å². The van der Waals surface area contributed by atoms with E-state index in [9.17, 15) is 8.42 Å². The number of benzene rings is 1. The van der Waals surface area contributed by atoms with E-state index < -0.39 is 10.0 Å². The quantitative estimate of drug-likeness (QED) is 0.779. The Kier molecular flexibility index (Phi) is 3.63. The summed E-state index contributed by atoms with van der Waals surface area (Å²) in [5.74, 6) is 0.949. The molecule has 2 heterocycles. The summed E-state index contributed by atoms with van der Waals surface area (Å²) in [7, 11) is -3.77. The zero-order chi connectivity index (χ0) is 14.7. The molecule has 108 valence electrons. The number of thiophene rings is 1. The van der Waals surface area contributed by atoms with Crippen LogP contribution in [-0.4, -0.2) is 13.6 Å². The van der Waals surface area contributed by atoms with E-state index in [1.54, 1.807) is 23.6 Å². The third-order valence-corrected chi connectivity index (χ3v) is 5.29. The normalized spacial score (nSPS) is 11.2. The summed E-state index contributed by atoms with van der Waals surface area (Å²) in [5, 5.41) is 5.17. The van der Waals surface area contributed by atoms with Crippen molar-refractivity contribution in [3.8, 4) is 11.5 Å². The van der Waals surface area contributed by atoms with Crippen molar-refractivity contribution < 1.29 is 17.7 Å². The number of anilines is 1. The van der Waals surface area contributed by atoms with E-state index in [0.29, 0.717) is 5.75 Å². The van der Waals surface area contributed by atoms with E-state index >= 15 is 0 Å². The van der Waals surface area contributed by atoms with Crippen LogP contribution >= 0.6 is 11.3 Å². The molecule has 0 amide bonds. The number of hydrogen-bond donors (Lipinski definition) is 1. The molecule has 1 N–H and O–H groups in total. The van der Waals surface area contributed by atoms with Crippen molar-refractivity contribution in [2.24, 2.45) is 0 Å². The summed E-state index contributed by atoms with van der Waals surface area (Å²) in [5.41, 5.74) is 0. The lowest BCUT2D eigenvalue weighted by molar-refractivity contribution is 0.423. The molecule has 0 radical (unpaired) electrons. The Balaban J connectivity index is 1.88. The molecule has 0 saturated heterocycles. The largest absolute Gasteiger partial charge is 0.455 e. The Labute approximate surface area is 125 Å². The van der Waals surface area contributed by atoms with Gasteiger partial charge >= 0.3 is 0 Å². The molecule has 2 aromatic heterocycles. The number of hydrogen-bond acceptors (Lipinski definition) is 6. The molecule has 0 aliphatic heterocycles. The summed E-state index contributed by atoms with van der Waals surface area (Å²) < 4.78 is 37.2. The number of nitrogens with zero attached hydrogens (tertiary/aromatic N) is 1. The Hall–Kier alpha value is -2.32. The number of ether oxygens (including phenoxy) is 1. The lowest BCUT2D eigenvalue weighted by Crippen LogP contribution is -2.12. The summed E-state index contributed by atoms with van der Waals surface area (Å²) in [6, 6.07) is 12.0. The van der Waals surface area contributed by atoms with Crippen LogP contribution in [0.3, 0.4) is 0 Å². The molecule has 0 unspecified atom stereocenters. The van der Waals surface area contributed by atoms with Crippen molar-refractivity contribution in [3.05, 3.63) is 54.1 Å². The number of sulfonamides is 1. The highest BCUT2D eigenvalue weighted by Gasteiger charge is 2.23. The van der Waals surface area contributed by atoms with Gasteiger partial charge in [-0.05, 0) is 23.6 Å². The Morgan fingerprint density at radius 3 is 2.67 bits per heavy atom. The smallest absolute Gasteiger partial charge is 0.276 e. The summed E-state index contributed by atoms with van der Waals surface area (Å²) >= 11 is 1.06. The van der Waals surface area contributed by atoms with Gasteiger partial charge in [-0.15, -0.1) is 11.3 Å². The molecule has 6 nitrogen and oxygen atoms in total. The molecule has 0 bridgehead atoms. The predicted molar refractivity (Wildman–Crippen MR) is 78.1 cm³/mol. The van der Waals surface area contributed by atoms with Gasteiger partial charge in [0.05, 0.1) is 0 Å². The molecule has 0 spiro atoms. The standard InChI is InChI=1S/C13H10N2O4S2/c16-21(17,15-12-6-8-18-14-12)13-11(7-9-20-13)19-10-4-2-1-3-5-10/h1-9H,(H,14,15). The van der Waals surface area contributed by atoms with E-state index in [1.165, 1.54) is 12.3 Å². The van der Waals surface area contributed by atoms with Gasteiger partial charge in [-0.25, -0.2) is 8.42 Å². The number of nitrogens with one attached hydrogen (secondary N) is 1. The minimum Gasteiger partial charge on any atom is -0.455 e. The molecule has 0 aliphatic rings. The molecule has 0 aliphatic carbocycles. The van der Waals surface area contributed by atoms with Crippen molar-refractivity contribution in [2.45, 2.75) is 4.21 Å². The molecular weight excluding hydrogens is 312 g/mol. The van der Waals surface area contributed by atoms with E-state index in [1.807, 2.05) is 18.2 Å². The van der Waals surface area contributed by atoms with Crippen molar-refractivity contribution >= 4 is 27.2 Å². The molecule has 0 saturated carbocycles. The van der Waals surface area contributed by atoms with E-state index in [2.05, 4.69) is 14.4 Å². The topological polar surface area (TPSA) is 81.4 Å². The average molecular weight is 322 g/mol. The average Bonchev–Trinajstić information content (AvgIpc) is 3.11. The SMILES string of the molecule is O=S(=O)(Nc1ccon1)c1sccc1Oc1ccccc1. The molecule has 0 fully saturated rings. The second kappa shape index (κ2) is 5.58. The Bertz CT molecular complexity index is 811. The second-order valence-corrected chi connectivity index (χ2v) is 6.77. The van der Waals surface area contributed by atoms with Crippen LogP contribution in [0.5, 0.6) is 11.5 Å². The highest BCUT2D eigenvalue weighted by Crippen LogP contribution is 2.34. The Morgan fingerprint density at radius 1 is 1.14 bits per heavy atom. The van der Waals surface area contributed by atoms with Gasteiger partial charge in [0.2, 0.25) is 0 Å². The monoisotopic (exact) mass is 322 g/mol. The first-order chi connectivity index (χ1) is 10.1. The number of rotatable bonds is 5. The van der Waals surface area contributed by atoms with Crippen molar-refractivity contribution in [1.29, 1.82) is 0 Å². The zero-order valence-corrected chi connectivity index (χ0v) is 12.2. The number of aromatic nitrogens is 1. The lowest BCUT2D eigenvalue weighted by Gasteiger charge is -2.07. The first kappa shape index (κ1) is 13.7. The van der Waals surface area contributed by atoms with Gasteiger partial charge in [0, 0.05) is 6.07 Å². The van der Waals surface area contributed by atoms with Crippen molar-refractivity contribution in [3.63, 3.8) is 0 Å². The van der Waals surface area contributed by atoms with Crippen LogP contribution in [0.1, 0.15) is 0 Å². The Morgan fingerprint density at radius 2 is 1.95 bits per heavy atom. The summed E-state index contributed by atoms with van der Waals surface area (Å²) in [6.07, 6.45) is 1.29. The van der Waals surface area contributed by atoms with Crippen LogP contribution in [-0.2, 0) is 10.0 Å². The molecule has 3 aromatic rings. The molecule has 8 heteroatoms. The van der Waals surface area contributed by atoms with E-state index in [4.69, 9.17) is 4.74 Å². The first-order valence-electron chi connectivity index (χ1n) is 5.89. The minimum absolute atomic E-state index is 0.0781.